The summed E-state index contributed by atoms with van der Waals surface area (Å²) in [4.78, 5) is 0. The molecule has 0 aliphatic heterocycles. The molecule has 2 aromatic heterocycles. The van der Waals surface area contributed by atoms with Gasteiger partial charge in [0.1, 0.15) is 0 Å². The fourth-order valence-electron chi connectivity index (χ4n) is 3.85. The molecule has 1 aromatic carbocycles. The lowest BCUT2D eigenvalue weighted by Crippen LogP contribution is -2.01. The van der Waals surface area contributed by atoms with Crippen molar-refractivity contribution in [3.05, 3.63) is 84.7 Å². The minimum atomic E-state index is 0.575. The number of hydrogen-bond donors (Lipinski definition) is 2. The van der Waals surface area contributed by atoms with Crippen molar-refractivity contribution >= 4 is 28.4 Å². The first kappa shape index (κ1) is 19.7. The number of allylic oxidation sites excluding steroid dienone is 6. The number of nitrogens with zero attached hydrogens (tertiary/aromatic N) is 2. The number of hydrogen-bond acceptors (Lipinski definition) is 3. The second-order valence-corrected chi connectivity index (χ2v) is 7.29. The minimum absolute atomic E-state index is 0.575. The number of fused-ring (bicyclic) bond motifs is 1. The van der Waals surface area contributed by atoms with E-state index in [1.165, 1.54) is 28.4 Å². The Balaban J connectivity index is 1.43. The average molecular weight is 399 g/mol. The fourth-order valence-corrected chi connectivity index (χ4v) is 3.85. The van der Waals surface area contributed by atoms with Gasteiger partial charge in [-0.15, -0.1) is 0 Å². The smallest absolute Gasteiger partial charge is 0.217 e. The van der Waals surface area contributed by atoms with Crippen LogP contribution in [0.3, 0.4) is 0 Å². The predicted molar refractivity (Wildman–Crippen MR) is 124 cm³/mol. The van der Waals surface area contributed by atoms with Gasteiger partial charge in [0.2, 0.25) is 5.88 Å². The van der Waals surface area contributed by atoms with E-state index >= 15 is 0 Å². The van der Waals surface area contributed by atoms with E-state index in [1.54, 1.807) is 18.3 Å². The normalized spacial score (nSPS) is 14.7. The van der Waals surface area contributed by atoms with Crippen LogP contribution in [0.5, 0.6) is 5.88 Å². The zero-order valence-corrected chi connectivity index (χ0v) is 17.0. The van der Waals surface area contributed by atoms with Crippen molar-refractivity contribution in [2.24, 2.45) is 0 Å². The third-order valence-corrected chi connectivity index (χ3v) is 5.42. The highest BCUT2D eigenvalue weighted by Gasteiger charge is 2.11. The summed E-state index contributed by atoms with van der Waals surface area (Å²) < 4.78 is 8.26. The van der Waals surface area contributed by atoms with Crippen LogP contribution in [0, 0.1) is 5.41 Å². The number of benzene rings is 1. The van der Waals surface area contributed by atoms with Gasteiger partial charge in [0, 0.05) is 24.5 Å². The minimum Gasteiger partial charge on any atom is -0.477 e. The Labute approximate surface area is 176 Å². The molecular formula is C25H26N4O. The standard InChI is InChI=1S/C25H26N4O/c1-2-20(12-15-26)23-18-27-28-25(23)30-17-14-19-6-5-8-22(11-10-19)29-16-13-21-7-3-4-9-24(21)29/h2-4,7,9-13,15-16,18,26H,1,5-6,8,14,17H2,(H,27,28)/b20-12+,26-15?. The largest absolute Gasteiger partial charge is 0.477 e. The molecule has 1 aliphatic carbocycles. The molecule has 30 heavy (non-hydrogen) atoms. The quantitative estimate of drug-likeness (QED) is 0.361. The summed E-state index contributed by atoms with van der Waals surface area (Å²) in [5, 5.41) is 15.5. The van der Waals surface area contributed by atoms with E-state index in [9.17, 15) is 0 Å². The first-order valence-corrected chi connectivity index (χ1v) is 10.2. The molecule has 0 unspecified atom stereocenters. The fraction of sp³-hybridized carbons (Fsp3) is 0.200. The molecule has 0 spiro atoms. The summed E-state index contributed by atoms with van der Waals surface area (Å²) in [5.41, 5.74) is 5.61. The Morgan fingerprint density at radius 3 is 3.00 bits per heavy atom. The number of aromatic nitrogens is 3. The molecule has 0 atom stereocenters. The van der Waals surface area contributed by atoms with E-state index < -0.39 is 0 Å². The van der Waals surface area contributed by atoms with E-state index in [-0.39, 0.29) is 0 Å². The molecule has 0 saturated carbocycles. The Kier molecular flexibility index (Phi) is 6.09. The highest BCUT2D eigenvalue weighted by molar-refractivity contribution is 5.88. The van der Waals surface area contributed by atoms with Gasteiger partial charge in [0.15, 0.2) is 0 Å². The molecule has 0 fully saturated rings. The predicted octanol–water partition coefficient (Wildman–Crippen LogP) is 6.00. The van der Waals surface area contributed by atoms with Gasteiger partial charge >= 0.3 is 0 Å². The van der Waals surface area contributed by atoms with Crippen molar-refractivity contribution in [3.63, 3.8) is 0 Å². The van der Waals surface area contributed by atoms with Crippen molar-refractivity contribution in [3.8, 4) is 5.88 Å². The molecule has 3 aromatic rings. The number of rotatable bonds is 8. The number of H-pyrrole nitrogens is 1. The van der Waals surface area contributed by atoms with Crippen LogP contribution in [0.15, 0.2) is 79.2 Å². The van der Waals surface area contributed by atoms with Gasteiger partial charge in [0.25, 0.3) is 0 Å². The van der Waals surface area contributed by atoms with Crippen LogP contribution < -0.4 is 4.74 Å². The van der Waals surface area contributed by atoms with Gasteiger partial charge in [-0.05, 0) is 54.5 Å². The van der Waals surface area contributed by atoms with Gasteiger partial charge in [-0.3, -0.25) is 0 Å². The van der Waals surface area contributed by atoms with Gasteiger partial charge in [-0.1, -0.05) is 42.5 Å². The van der Waals surface area contributed by atoms with E-state index in [1.807, 2.05) is 0 Å². The lowest BCUT2D eigenvalue weighted by molar-refractivity contribution is 0.306. The van der Waals surface area contributed by atoms with E-state index in [4.69, 9.17) is 10.1 Å². The molecule has 2 N–H and O–H groups in total. The molecule has 152 valence electrons. The molecule has 1 aliphatic rings. The van der Waals surface area contributed by atoms with Crippen LogP contribution in [0.4, 0.5) is 0 Å². The van der Waals surface area contributed by atoms with Crippen LogP contribution in [0.2, 0.25) is 0 Å². The molecule has 5 heteroatoms. The van der Waals surface area contributed by atoms with Crippen molar-refractivity contribution < 1.29 is 4.74 Å². The highest BCUT2D eigenvalue weighted by atomic mass is 16.5. The lowest BCUT2D eigenvalue weighted by Gasteiger charge is -2.09. The second-order valence-electron chi connectivity index (χ2n) is 7.29. The lowest BCUT2D eigenvalue weighted by atomic mass is 10.1. The number of ether oxygens (including phenoxy) is 1. The summed E-state index contributed by atoms with van der Waals surface area (Å²) in [7, 11) is 0. The van der Waals surface area contributed by atoms with Crippen molar-refractivity contribution in [1.29, 1.82) is 5.41 Å². The molecule has 0 radical (unpaired) electrons. The number of nitrogens with one attached hydrogen (secondary N) is 2. The Morgan fingerprint density at radius 1 is 1.23 bits per heavy atom. The van der Waals surface area contributed by atoms with Crippen LogP contribution in [-0.4, -0.2) is 27.6 Å². The summed E-state index contributed by atoms with van der Waals surface area (Å²) in [6.45, 7) is 4.38. The van der Waals surface area contributed by atoms with Gasteiger partial charge < -0.3 is 14.7 Å². The average Bonchev–Trinajstić information content (AvgIpc) is 3.34. The summed E-state index contributed by atoms with van der Waals surface area (Å²) in [5.74, 6) is 0.618. The maximum absolute atomic E-state index is 7.28. The Bertz CT molecular complexity index is 1140. The summed E-state index contributed by atoms with van der Waals surface area (Å²) in [6, 6.07) is 10.7. The number of aromatic amines is 1. The van der Waals surface area contributed by atoms with Gasteiger partial charge in [0.05, 0.1) is 23.9 Å². The third kappa shape index (κ3) is 4.20. The monoisotopic (exact) mass is 398 g/mol. The molecule has 0 bridgehead atoms. The van der Waals surface area contributed by atoms with Crippen molar-refractivity contribution in [1.82, 2.24) is 14.8 Å². The zero-order valence-electron chi connectivity index (χ0n) is 17.0. The molecule has 4 rings (SSSR count). The van der Waals surface area contributed by atoms with Gasteiger partial charge in [-0.2, -0.15) is 5.10 Å². The first-order chi connectivity index (χ1) is 14.8. The Morgan fingerprint density at radius 2 is 2.13 bits per heavy atom. The SMILES string of the molecule is C=C/C(=C\C=N)c1cn[nH]c1OCCC1=CC=C(n2ccc3ccccc32)CCC1. The second kappa shape index (κ2) is 9.27. The van der Waals surface area contributed by atoms with E-state index in [0.29, 0.717) is 12.5 Å². The molecular weight excluding hydrogens is 372 g/mol. The topological polar surface area (TPSA) is 66.7 Å². The van der Waals surface area contributed by atoms with Gasteiger partial charge in [-0.25, -0.2) is 5.10 Å². The van der Waals surface area contributed by atoms with Crippen LogP contribution in [0.25, 0.3) is 22.2 Å². The molecule has 0 saturated heterocycles. The van der Waals surface area contributed by atoms with E-state index in [0.717, 1.165) is 36.8 Å². The summed E-state index contributed by atoms with van der Waals surface area (Å²) in [6.07, 6.45) is 17.1. The maximum atomic E-state index is 7.28. The van der Waals surface area contributed by atoms with E-state index in [2.05, 4.69) is 70.0 Å². The van der Waals surface area contributed by atoms with Crippen LogP contribution in [-0.2, 0) is 0 Å². The number of para-hydroxylation sites is 1. The zero-order chi connectivity index (χ0) is 20.8. The van der Waals surface area contributed by atoms with Crippen molar-refractivity contribution in [2.45, 2.75) is 25.7 Å². The molecule has 0 amide bonds. The molecule has 5 nitrogen and oxygen atoms in total. The summed E-state index contributed by atoms with van der Waals surface area (Å²) >= 11 is 0. The maximum Gasteiger partial charge on any atom is 0.217 e. The first-order valence-electron chi connectivity index (χ1n) is 10.2. The third-order valence-electron chi connectivity index (χ3n) is 5.42. The Hall–Kier alpha value is -3.60. The molecule has 2 heterocycles. The van der Waals surface area contributed by atoms with Crippen LogP contribution >= 0.6 is 0 Å². The van der Waals surface area contributed by atoms with Crippen molar-refractivity contribution in [2.75, 3.05) is 6.61 Å². The highest BCUT2D eigenvalue weighted by Crippen LogP contribution is 2.28. The van der Waals surface area contributed by atoms with Crippen LogP contribution in [0.1, 0.15) is 31.2 Å².